The van der Waals surface area contributed by atoms with Crippen molar-refractivity contribution >= 4 is 11.9 Å². The Hall–Kier alpha value is -1.10. The van der Waals surface area contributed by atoms with Crippen LogP contribution >= 0.6 is 0 Å². The van der Waals surface area contributed by atoms with E-state index in [1.807, 2.05) is 6.92 Å². The molecule has 1 fully saturated rings. The van der Waals surface area contributed by atoms with Crippen molar-refractivity contribution < 1.29 is 14.7 Å². The van der Waals surface area contributed by atoms with Gasteiger partial charge < -0.3 is 16.2 Å². The molecule has 0 spiro atoms. The van der Waals surface area contributed by atoms with Crippen LogP contribution in [0, 0.1) is 11.8 Å². The highest BCUT2D eigenvalue weighted by Crippen LogP contribution is 2.23. The highest BCUT2D eigenvalue weighted by molar-refractivity contribution is 5.79. The van der Waals surface area contributed by atoms with Crippen molar-refractivity contribution in [3.8, 4) is 0 Å². The molecule has 1 amide bonds. The molecule has 4 N–H and O–H groups in total. The fourth-order valence-corrected chi connectivity index (χ4v) is 2.36. The molecule has 3 unspecified atom stereocenters. The smallest absolute Gasteiger partial charge is 0.303 e. The first-order valence-electron chi connectivity index (χ1n) is 6.75. The average molecular weight is 256 g/mol. The number of amides is 1. The first kappa shape index (κ1) is 15.0. The molecule has 1 aliphatic rings. The Morgan fingerprint density at radius 1 is 1.39 bits per heavy atom. The third-order valence-corrected chi connectivity index (χ3v) is 3.63. The number of carbonyl (C=O) groups is 2. The second-order valence-electron chi connectivity index (χ2n) is 5.34. The summed E-state index contributed by atoms with van der Waals surface area (Å²) in [5, 5.41) is 11.5. The topological polar surface area (TPSA) is 92.4 Å². The number of hydrogen-bond donors (Lipinski definition) is 3. The van der Waals surface area contributed by atoms with Gasteiger partial charge in [-0.2, -0.15) is 0 Å². The van der Waals surface area contributed by atoms with Gasteiger partial charge in [-0.3, -0.25) is 9.59 Å². The van der Waals surface area contributed by atoms with Gasteiger partial charge in [-0.1, -0.05) is 19.8 Å². The van der Waals surface area contributed by atoms with E-state index in [9.17, 15) is 9.59 Å². The predicted molar refractivity (Wildman–Crippen MR) is 69.0 cm³/mol. The molecule has 0 aromatic carbocycles. The van der Waals surface area contributed by atoms with Gasteiger partial charge in [0.15, 0.2) is 0 Å². The van der Waals surface area contributed by atoms with E-state index in [1.54, 1.807) is 0 Å². The Balaban J connectivity index is 2.25. The van der Waals surface area contributed by atoms with Crippen molar-refractivity contribution in [1.82, 2.24) is 5.32 Å². The number of nitrogens with one attached hydrogen (secondary N) is 1. The first-order chi connectivity index (χ1) is 8.50. The number of aliphatic carboxylic acids is 1. The monoisotopic (exact) mass is 256 g/mol. The van der Waals surface area contributed by atoms with Gasteiger partial charge in [0.05, 0.1) is 5.92 Å². The maximum absolute atomic E-state index is 11.9. The van der Waals surface area contributed by atoms with Crippen LogP contribution in [0.1, 0.15) is 45.4 Å². The minimum absolute atomic E-state index is 0.0203. The van der Waals surface area contributed by atoms with Gasteiger partial charge in [0.1, 0.15) is 0 Å². The molecule has 0 bridgehead atoms. The van der Waals surface area contributed by atoms with E-state index in [1.165, 1.54) is 0 Å². The Morgan fingerprint density at radius 2 is 2.06 bits per heavy atom. The van der Waals surface area contributed by atoms with Gasteiger partial charge in [0.2, 0.25) is 5.91 Å². The van der Waals surface area contributed by atoms with Gasteiger partial charge >= 0.3 is 5.97 Å². The third kappa shape index (κ3) is 5.04. The van der Waals surface area contributed by atoms with Gasteiger partial charge in [-0.15, -0.1) is 0 Å². The van der Waals surface area contributed by atoms with Crippen LogP contribution in [0.3, 0.4) is 0 Å². The van der Waals surface area contributed by atoms with E-state index in [0.29, 0.717) is 13.0 Å². The number of carboxylic acid groups (broad SMARTS) is 1. The first-order valence-corrected chi connectivity index (χ1v) is 6.75. The van der Waals surface area contributed by atoms with Crippen molar-refractivity contribution in [1.29, 1.82) is 0 Å². The number of hydrogen-bond acceptors (Lipinski definition) is 3. The van der Waals surface area contributed by atoms with E-state index in [-0.39, 0.29) is 30.2 Å². The SMILES string of the molecule is CC(CCC(=O)O)CNC(=O)C1CCCCC1N. The summed E-state index contributed by atoms with van der Waals surface area (Å²) in [6.07, 6.45) is 4.72. The minimum Gasteiger partial charge on any atom is -0.481 e. The molecule has 3 atom stereocenters. The molecule has 1 saturated carbocycles. The number of carbonyl (C=O) groups excluding carboxylic acids is 1. The second-order valence-corrected chi connectivity index (χ2v) is 5.34. The van der Waals surface area contributed by atoms with E-state index in [4.69, 9.17) is 10.8 Å². The highest BCUT2D eigenvalue weighted by atomic mass is 16.4. The summed E-state index contributed by atoms with van der Waals surface area (Å²) in [5.41, 5.74) is 5.95. The Morgan fingerprint density at radius 3 is 2.67 bits per heavy atom. The molecule has 0 radical (unpaired) electrons. The fourth-order valence-electron chi connectivity index (χ4n) is 2.36. The summed E-state index contributed by atoms with van der Waals surface area (Å²) >= 11 is 0. The van der Waals surface area contributed by atoms with E-state index < -0.39 is 5.97 Å². The molecular formula is C13H24N2O3. The lowest BCUT2D eigenvalue weighted by Gasteiger charge is -2.27. The third-order valence-electron chi connectivity index (χ3n) is 3.63. The van der Waals surface area contributed by atoms with Crippen LogP contribution in [-0.4, -0.2) is 29.6 Å². The molecule has 0 aromatic rings. The van der Waals surface area contributed by atoms with Gasteiger partial charge in [-0.05, 0) is 25.2 Å². The fraction of sp³-hybridized carbons (Fsp3) is 0.846. The molecule has 1 rings (SSSR count). The molecule has 5 heteroatoms. The van der Waals surface area contributed by atoms with Crippen LogP contribution in [-0.2, 0) is 9.59 Å². The Bertz CT molecular complexity index is 294. The summed E-state index contributed by atoms with van der Waals surface area (Å²) in [6.45, 7) is 2.49. The molecule has 0 aromatic heterocycles. The number of carboxylic acids is 1. The number of nitrogens with two attached hydrogens (primary N) is 1. The molecular weight excluding hydrogens is 232 g/mol. The van der Waals surface area contributed by atoms with Crippen molar-refractivity contribution in [3.05, 3.63) is 0 Å². The van der Waals surface area contributed by atoms with Crippen LogP contribution in [0.2, 0.25) is 0 Å². The minimum atomic E-state index is -0.789. The lowest BCUT2D eigenvalue weighted by Crippen LogP contribution is -2.44. The Labute approximate surface area is 108 Å². The van der Waals surface area contributed by atoms with Crippen molar-refractivity contribution in [3.63, 3.8) is 0 Å². The van der Waals surface area contributed by atoms with Gasteiger partial charge in [0, 0.05) is 19.0 Å². The van der Waals surface area contributed by atoms with Crippen LogP contribution < -0.4 is 11.1 Å². The van der Waals surface area contributed by atoms with E-state index in [0.717, 1.165) is 25.7 Å². The Kier molecular flexibility index (Phi) is 6.12. The summed E-state index contributed by atoms with van der Waals surface area (Å²) in [5.74, 6) is -0.637. The summed E-state index contributed by atoms with van der Waals surface area (Å²) in [6, 6.07) is -0.0203. The van der Waals surface area contributed by atoms with Crippen LogP contribution in [0.25, 0.3) is 0 Å². The highest BCUT2D eigenvalue weighted by Gasteiger charge is 2.28. The maximum atomic E-state index is 11.9. The zero-order valence-electron chi connectivity index (χ0n) is 11.0. The van der Waals surface area contributed by atoms with Crippen LogP contribution in [0.5, 0.6) is 0 Å². The summed E-state index contributed by atoms with van der Waals surface area (Å²) < 4.78 is 0. The predicted octanol–water partition coefficient (Wildman–Crippen LogP) is 1.12. The largest absolute Gasteiger partial charge is 0.481 e. The van der Waals surface area contributed by atoms with Gasteiger partial charge in [0.25, 0.3) is 0 Å². The standard InChI is InChI=1S/C13H24N2O3/c1-9(6-7-12(16)17)8-15-13(18)10-4-2-3-5-11(10)14/h9-11H,2-8,14H2,1H3,(H,15,18)(H,16,17). The molecule has 0 heterocycles. The van der Waals surface area contributed by atoms with Crippen molar-refractivity contribution in [2.45, 2.75) is 51.5 Å². The zero-order chi connectivity index (χ0) is 13.5. The number of rotatable bonds is 6. The average Bonchev–Trinajstić information content (AvgIpc) is 2.34. The van der Waals surface area contributed by atoms with Gasteiger partial charge in [-0.25, -0.2) is 0 Å². The van der Waals surface area contributed by atoms with Crippen LogP contribution in [0.4, 0.5) is 0 Å². The molecule has 0 aliphatic heterocycles. The normalized spacial score (nSPS) is 25.4. The van der Waals surface area contributed by atoms with E-state index >= 15 is 0 Å². The quantitative estimate of drug-likeness (QED) is 0.664. The summed E-state index contributed by atoms with van der Waals surface area (Å²) in [4.78, 5) is 22.4. The lowest BCUT2D eigenvalue weighted by atomic mass is 9.84. The second kappa shape index (κ2) is 7.36. The summed E-state index contributed by atoms with van der Waals surface area (Å²) in [7, 11) is 0. The molecule has 1 aliphatic carbocycles. The molecule has 18 heavy (non-hydrogen) atoms. The van der Waals surface area contributed by atoms with Crippen molar-refractivity contribution in [2.75, 3.05) is 6.54 Å². The van der Waals surface area contributed by atoms with Crippen molar-refractivity contribution in [2.24, 2.45) is 17.6 Å². The molecule has 5 nitrogen and oxygen atoms in total. The molecule has 0 saturated heterocycles. The lowest BCUT2D eigenvalue weighted by molar-refractivity contribution is -0.137. The zero-order valence-corrected chi connectivity index (χ0v) is 11.0. The maximum Gasteiger partial charge on any atom is 0.303 e. The van der Waals surface area contributed by atoms with E-state index in [2.05, 4.69) is 5.32 Å². The molecule has 104 valence electrons. The van der Waals surface area contributed by atoms with Crippen LogP contribution in [0.15, 0.2) is 0 Å².